The SMILES string of the molecule is CCc1nc(CC)n(-c2ccc(N)c3ncccc23)n1. The van der Waals surface area contributed by atoms with Crippen molar-refractivity contribution in [3.8, 4) is 5.69 Å². The largest absolute Gasteiger partial charge is 0.397 e. The first-order valence-corrected chi connectivity index (χ1v) is 6.83. The average Bonchev–Trinajstić information content (AvgIpc) is 2.91. The van der Waals surface area contributed by atoms with E-state index in [4.69, 9.17) is 5.73 Å². The van der Waals surface area contributed by atoms with Gasteiger partial charge >= 0.3 is 0 Å². The second-order valence-electron chi connectivity index (χ2n) is 4.64. The van der Waals surface area contributed by atoms with E-state index in [1.54, 1.807) is 6.20 Å². The van der Waals surface area contributed by atoms with Gasteiger partial charge in [0.05, 0.1) is 16.9 Å². The topological polar surface area (TPSA) is 69.6 Å². The highest BCUT2D eigenvalue weighted by molar-refractivity contribution is 5.95. The van der Waals surface area contributed by atoms with Gasteiger partial charge in [-0.25, -0.2) is 9.67 Å². The molecule has 2 aromatic heterocycles. The molecule has 0 bridgehead atoms. The summed E-state index contributed by atoms with van der Waals surface area (Å²) >= 11 is 0. The molecule has 0 amide bonds. The smallest absolute Gasteiger partial charge is 0.151 e. The lowest BCUT2D eigenvalue weighted by atomic mass is 10.1. The predicted octanol–water partition coefficient (Wildman–Crippen LogP) is 2.52. The number of benzene rings is 1. The quantitative estimate of drug-likeness (QED) is 0.740. The molecule has 2 N–H and O–H groups in total. The van der Waals surface area contributed by atoms with E-state index in [-0.39, 0.29) is 0 Å². The van der Waals surface area contributed by atoms with Gasteiger partial charge < -0.3 is 5.73 Å². The Hall–Kier alpha value is -2.43. The lowest BCUT2D eigenvalue weighted by Gasteiger charge is -2.09. The van der Waals surface area contributed by atoms with Crippen LogP contribution in [0.25, 0.3) is 16.6 Å². The maximum Gasteiger partial charge on any atom is 0.151 e. The van der Waals surface area contributed by atoms with Crippen LogP contribution in [-0.2, 0) is 12.8 Å². The van der Waals surface area contributed by atoms with Crippen LogP contribution in [0.5, 0.6) is 0 Å². The molecule has 3 rings (SSSR count). The number of hydrogen-bond donors (Lipinski definition) is 1. The Morgan fingerprint density at radius 1 is 1.15 bits per heavy atom. The molecule has 5 nitrogen and oxygen atoms in total. The van der Waals surface area contributed by atoms with Gasteiger partial charge in [0.1, 0.15) is 5.82 Å². The molecular weight excluding hydrogens is 250 g/mol. The fraction of sp³-hybridized carbons (Fsp3) is 0.267. The van der Waals surface area contributed by atoms with Crippen molar-refractivity contribution in [2.45, 2.75) is 26.7 Å². The van der Waals surface area contributed by atoms with Gasteiger partial charge in [0.15, 0.2) is 5.82 Å². The number of hydrogen-bond acceptors (Lipinski definition) is 4. The number of nitrogens with two attached hydrogens (primary N) is 1. The van der Waals surface area contributed by atoms with E-state index in [0.29, 0.717) is 5.69 Å². The molecule has 2 heterocycles. The van der Waals surface area contributed by atoms with E-state index >= 15 is 0 Å². The van der Waals surface area contributed by atoms with Crippen LogP contribution >= 0.6 is 0 Å². The molecule has 0 aliphatic carbocycles. The van der Waals surface area contributed by atoms with E-state index in [2.05, 4.69) is 28.9 Å². The highest BCUT2D eigenvalue weighted by atomic mass is 15.3. The molecule has 20 heavy (non-hydrogen) atoms. The highest BCUT2D eigenvalue weighted by Gasteiger charge is 2.13. The molecule has 0 aliphatic rings. The van der Waals surface area contributed by atoms with Crippen LogP contribution in [0.2, 0.25) is 0 Å². The number of nitrogen functional groups attached to an aromatic ring is 1. The minimum atomic E-state index is 0.679. The van der Waals surface area contributed by atoms with Gasteiger partial charge in [-0.15, -0.1) is 0 Å². The molecule has 0 radical (unpaired) electrons. The number of anilines is 1. The van der Waals surface area contributed by atoms with Crippen molar-refractivity contribution in [1.29, 1.82) is 0 Å². The summed E-state index contributed by atoms with van der Waals surface area (Å²) in [6, 6.07) is 7.78. The number of aromatic nitrogens is 4. The molecule has 102 valence electrons. The molecule has 0 aliphatic heterocycles. The predicted molar refractivity (Wildman–Crippen MR) is 79.8 cm³/mol. The number of rotatable bonds is 3. The number of aryl methyl sites for hydroxylation is 2. The first-order valence-electron chi connectivity index (χ1n) is 6.83. The van der Waals surface area contributed by atoms with Crippen LogP contribution in [0.3, 0.4) is 0 Å². The van der Waals surface area contributed by atoms with Crippen LogP contribution in [-0.4, -0.2) is 19.7 Å². The van der Waals surface area contributed by atoms with Crippen LogP contribution < -0.4 is 5.73 Å². The molecule has 0 atom stereocenters. The normalized spacial score (nSPS) is 11.1. The van der Waals surface area contributed by atoms with Crippen LogP contribution in [0.4, 0.5) is 5.69 Å². The molecular formula is C15H17N5. The first-order chi connectivity index (χ1) is 9.74. The Morgan fingerprint density at radius 3 is 2.75 bits per heavy atom. The fourth-order valence-corrected chi connectivity index (χ4v) is 2.33. The van der Waals surface area contributed by atoms with Crippen molar-refractivity contribution in [3.05, 3.63) is 42.1 Å². The molecule has 0 saturated carbocycles. The Morgan fingerprint density at radius 2 is 2.00 bits per heavy atom. The summed E-state index contributed by atoms with van der Waals surface area (Å²) in [5.74, 6) is 1.81. The molecule has 0 fully saturated rings. The van der Waals surface area contributed by atoms with Crippen LogP contribution in [0.15, 0.2) is 30.5 Å². The molecule has 3 aromatic rings. The minimum Gasteiger partial charge on any atom is -0.397 e. The van der Waals surface area contributed by atoms with Gasteiger partial charge in [0.2, 0.25) is 0 Å². The minimum absolute atomic E-state index is 0.679. The monoisotopic (exact) mass is 267 g/mol. The summed E-state index contributed by atoms with van der Waals surface area (Å²) in [7, 11) is 0. The average molecular weight is 267 g/mol. The molecule has 5 heteroatoms. The lowest BCUT2D eigenvalue weighted by Crippen LogP contribution is -2.04. The molecule has 0 spiro atoms. The summed E-state index contributed by atoms with van der Waals surface area (Å²) in [5.41, 5.74) is 8.46. The summed E-state index contributed by atoms with van der Waals surface area (Å²) in [5, 5.41) is 5.58. The van der Waals surface area contributed by atoms with Crippen molar-refractivity contribution >= 4 is 16.6 Å². The summed E-state index contributed by atoms with van der Waals surface area (Å²) in [6.07, 6.45) is 3.41. The van der Waals surface area contributed by atoms with E-state index in [1.807, 2.05) is 28.9 Å². The Kier molecular flexibility index (Phi) is 3.10. The molecule has 0 unspecified atom stereocenters. The van der Waals surface area contributed by atoms with Gasteiger partial charge in [0.25, 0.3) is 0 Å². The van der Waals surface area contributed by atoms with Gasteiger partial charge in [-0.2, -0.15) is 5.10 Å². The summed E-state index contributed by atoms with van der Waals surface area (Å²) in [6.45, 7) is 4.14. The Bertz CT molecular complexity index is 760. The molecule has 0 saturated heterocycles. The lowest BCUT2D eigenvalue weighted by molar-refractivity contribution is 0.796. The van der Waals surface area contributed by atoms with Crippen molar-refractivity contribution in [2.24, 2.45) is 0 Å². The maximum atomic E-state index is 6.00. The van der Waals surface area contributed by atoms with Crippen molar-refractivity contribution < 1.29 is 0 Å². The summed E-state index contributed by atoms with van der Waals surface area (Å²) in [4.78, 5) is 8.92. The van der Waals surface area contributed by atoms with E-state index in [9.17, 15) is 0 Å². The second-order valence-corrected chi connectivity index (χ2v) is 4.64. The van der Waals surface area contributed by atoms with Crippen molar-refractivity contribution in [2.75, 3.05) is 5.73 Å². The third-order valence-corrected chi connectivity index (χ3v) is 3.36. The molecule has 1 aromatic carbocycles. The van der Waals surface area contributed by atoms with Crippen LogP contribution in [0, 0.1) is 0 Å². The third kappa shape index (κ3) is 1.91. The zero-order valence-corrected chi connectivity index (χ0v) is 11.7. The summed E-state index contributed by atoms with van der Waals surface area (Å²) < 4.78 is 1.91. The van der Waals surface area contributed by atoms with E-state index in [1.165, 1.54) is 0 Å². The zero-order chi connectivity index (χ0) is 14.1. The number of fused-ring (bicyclic) bond motifs is 1. The zero-order valence-electron chi connectivity index (χ0n) is 11.7. The maximum absolute atomic E-state index is 6.00. The van der Waals surface area contributed by atoms with Crippen molar-refractivity contribution in [3.63, 3.8) is 0 Å². The fourth-order valence-electron chi connectivity index (χ4n) is 2.33. The standard InChI is InChI=1S/C15H17N5/c1-3-13-18-14(4-2)20(19-13)12-8-7-11(16)15-10(12)6-5-9-17-15/h5-9H,3-4,16H2,1-2H3. The number of nitrogens with zero attached hydrogens (tertiary/aromatic N) is 4. The van der Waals surface area contributed by atoms with Gasteiger partial charge in [-0.05, 0) is 24.3 Å². The Balaban J connectivity index is 2.30. The first kappa shape index (κ1) is 12.6. The van der Waals surface area contributed by atoms with Crippen molar-refractivity contribution in [1.82, 2.24) is 19.7 Å². The van der Waals surface area contributed by atoms with E-state index < -0.39 is 0 Å². The Labute approximate surface area is 117 Å². The van der Waals surface area contributed by atoms with Gasteiger partial charge in [-0.3, -0.25) is 4.98 Å². The van der Waals surface area contributed by atoms with Crippen LogP contribution in [0.1, 0.15) is 25.5 Å². The number of pyridine rings is 1. The van der Waals surface area contributed by atoms with Gasteiger partial charge in [0, 0.05) is 24.4 Å². The van der Waals surface area contributed by atoms with Gasteiger partial charge in [-0.1, -0.05) is 13.8 Å². The second kappa shape index (κ2) is 4.92. The third-order valence-electron chi connectivity index (χ3n) is 3.36. The van der Waals surface area contributed by atoms with E-state index in [0.717, 1.165) is 41.1 Å². The highest BCUT2D eigenvalue weighted by Crippen LogP contribution is 2.25.